The Morgan fingerprint density at radius 3 is 0.941 bits per heavy atom. The fraction of sp³-hybridized carbons (Fsp3) is 0.929. The number of aliphatic carboxylic acids is 2. The van der Waals surface area contributed by atoms with Gasteiger partial charge >= 0.3 is 41.5 Å². The van der Waals surface area contributed by atoms with Crippen molar-refractivity contribution in [2.24, 2.45) is 0 Å². The molecule has 0 atom stereocenters. The van der Waals surface area contributed by atoms with E-state index >= 15 is 0 Å². The molecule has 34 heavy (non-hydrogen) atoms. The van der Waals surface area contributed by atoms with Gasteiger partial charge in [-0.05, 0) is 12.8 Å². The first kappa shape index (κ1) is 38.4. The molecule has 0 amide bonds. The van der Waals surface area contributed by atoms with E-state index in [0.717, 1.165) is 13.2 Å². The number of rotatable bonds is 25. The first-order valence-corrected chi connectivity index (χ1v) is 14.1. The molecular weight excluding hydrogens is 439 g/mol. The first-order valence-electron chi connectivity index (χ1n) is 14.1. The number of hydrogen-bond acceptors (Lipinski definition) is 3. The van der Waals surface area contributed by atoms with Crippen molar-refractivity contribution in [1.82, 2.24) is 0 Å². The van der Waals surface area contributed by atoms with Gasteiger partial charge in [-0.2, -0.15) is 0 Å². The molecule has 2 N–H and O–H groups in total. The summed E-state index contributed by atoms with van der Waals surface area (Å²) in [5.74, 6) is -2.15. The van der Waals surface area contributed by atoms with Crippen LogP contribution in [0.5, 0.6) is 0 Å². The molecule has 0 radical (unpaired) electrons. The van der Waals surface area contributed by atoms with Crippen molar-refractivity contribution in [3.05, 3.63) is 0 Å². The van der Waals surface area contributed by atoms with Gasteiger partial charge in [-0.15, -0.1) is 0 Å². The maximum absolute atomic E-state index is 9.64. The Morgan fingerprint density at radius 1 is 0.471 bits per heavy atom. The summed E-state index contributed by atoms with van der Waals surface area (Å²) in [5, 5.41) is 15.8. The van der Waals surface area contributed by atoms with Gasteiger partial charge in [-0.1, -0.05) is 129 Å². The molecule has 0 aliphatic rings. The zero-order valence-electron chi connectivity index (χ0n) is 22.1. The zero-order chi connectivity index (χ0) is 24.8. The van der Waals surface area contributed by atoms with Crippen LogP contribution < -0.4 is 0 Å². The normalized spacial score (nSPS) is 10.3. The number of unbranched alkanes of at least 4 members (excludes halogenated alkanes) is 18. The molecule has 0 rings (SSSR count). The maximum atomic E-state index is 9.64. The van der Waals surface area contributed by atoms with Gasteiger partial charge in [0.1, 0.15) is 0 Å². The van der Waals surface area contributed by atoms with E-state index in [0.29, 0.717) is 0 Å². The van der Waals surface area contributed by atoms with Crippen molar-refractivity contribution >= 4 is 41.5 Å². The number of carbonyl (C=O) groups is 2. The third-order valence-electron chi connectivity index (χ3n) is 5.84. The fourth-order valence-corrected chi connectivity index (χ4v) is 3.70. The molecule has 0 spiro atoms. The Kier molecular flexibility index (Phi) is 39.6. The van der Waals surface area contributed by atoms with E-state index in [1.54, 1.807) is 0 Å². The standard InChI is InChI=1S/C24H50O.C4H6O4.Na.H/c1-3-5-7-9-11-13-15-17-19-21-23-25-24-22-20-18-16-14-12-10-8-6-4-2;5-3(6)1-2-4(7)8;;/h3-24H2,1-2H3;1-2H2,(H,5,6)(H,7,8);;. The molecular formula is C28H57NaO5. The van der Waals surface area contributed by atoms with Gasteiger partial charge in [0, 0.05) is 13.2 Å². The monoisotopic (exact) mass is 496 g/mol. The van der Waals surface area contributed by atoms with Gasteiger partial charge in [-0.3, -0.25) is 9.59 Å². The molecule has 0 saturated heterocycles. The minimum atomic E-state index is -1.08. The third-order valence-corrected chi connectivity index (χ3v) is 5.84. The van der Waals surface area contributed by atoms with Crippen LogP contribution >= 0.6 is 0 Å². The SMILES string of the molecule is CCCCCCCCCCCCOCCCCCCCCCCCC.O=C(O)CCC(=O)O.[NaH]. The molecule has 0 bridgehead atoms. The third kappa shape index (κ3) is 42.1. The molecule has 5 nitrogen and oxygen atoms in total. The number of hydrogen-bond donors (Lipinski definition) is 2. The summed E-state index contributed by atoms with van der Waals surface area (Å²) in [6.45, 7) is 6.57. The Hall–Kier alpha value is -0.100. The van der Waals surface area contributed by atoms with Gasteiger partial charge < -0.3 is 14.9 Å². The quantitative estimate of drug-likeness (QED) is 0.0984. The molecule has 0 aromatic carbocycles. The number of carboxylic acid groups (broad SMARTS) is 2. The molecule has 0 heterocycles. The second kappa shape index (κ2) is 35.1. The molecule has 0 saturated carbocycles. The number of carboxylic acids is 2. The summed E-state index contributed by atoms with van der Waals surface area (Å²) in [6, 6.07) is 0. The minimum absolute atomic E-state index is 0. The van der Waals surface area contributed by atoms with Crippen molar-refractivity contribution in [2.45, 2.75) is 155 Å². The molecule has 0 fully saturated rings. The van der Waals surface area contributed by atoms with Crippen LogP contribution in [0.3, 0.4) is 0 Å². The van der Waals surface area contributed by atoms with Crippen LogP contribution in [0.4, 0.5) is 0 Å². The van der Waals surface area contributed by atoms with E-state index in [1.165, 1.54) is 128 Å². The van der Waals surface area contributed by atoms with Crippen LogP contribution in [0, 0.1) is 0 Å². The van der Waals surface area contributed by atoms with E-state index < -0.39 is 11.9 Å². The molecule has 0 aliphatic carbocycles. The van der Waals surface area contributed by atoms with Gasteiger partial charge in [0.15, 0.2) is 0 Å². The Labute approximate surface area is 233 Å². The van der Waals surface area contributed by atoms with Crippen molar-refractivity contribution < 1.29 is 24.5 Å². The van der Waals surface area contributed by atoms with Crippen LogP contribution in [0.15, 0.2) is 0 Å². The van der Waals surface area contributed by atoms with Crippen LogP contribution in [-0.4, -0.2) is 64.9 Å². The van der Waals surface area contributed by atoms with Gasteiger partial charge in [0.05, 0.1) is 12.8 Å². The molecule has 200 valence electrons. The first-order chi connectivity index (χ1) is 16.0. The second-order valence-electron chi connectivity index (χ2n) is 9.26. The van der Waals surface area contributed by atoms with E-state index in [4.69, 9.17) is 14.9 Å². The second-order valence-corrected chi connectivity index (χ2v) is 9.26. The Balaban J connectivity index is -0.000000910. The van der Waals surface area contributed by atoms with E-state index in [-0.39, 0.29) is 42.4 Å². The summed E-state index contributed by atoms with van der Waals surface area (Å²) in [7, 11) is 0. The van der Waals surface area contributed by atoms with Crippen LogP contribution in [0.1, 0.15) is 155 Å². The van der Waals surface area contributed by atoms with E-state index in [9.17, 15) is 9.59 Å². The molecule has 0 unspecified atom stereocenters. The molecule has 0 aromatic heterocycles. The van der Waals surface area contributed by atoms with Crippen molar-refractivity contribution in [1.29, 1.82) is 0 Å². The Bertz CT molecular complexity index is 368. The summed E-state index contributed by atoms with van der Waals surface area (Å²) >= 11 is 0. The van der Waals surface area contributed by atoms with Crippen molar-refractivity contribution in [3.63, 3.8) is 0 Å². The van der Waals surface area contributed by atoms with E-state index in [1.807, 2.05) is 0 Å². The van der Waals surface area contributed by atoms with E-state index in [2.05, 4.69) is 13.8 Å². The summed E-state index contributed by atoms with van der Waals surface area (Å²) in [6.07, 6.45) is 27.6. The van der Waals surface area contributed by atoms with Gasteiger partial charge in [-0.25, -0.2) is 0 Å². The number of ether oxygens (including phenoxy) is 1. The summed E-state index contributed by atoms with van der Waals surface area (Å²) < 4.78 is 5.78. The molecule has 0 aromatic rings. The predicted molar refractivity (Wildman–Crippen MR) is 146 cm³/mol. The molecule has 0 aliphatic heterocycles. The topological polar surface area (TPSA) is 83.8 Å². The van der Waals surface area contributed by atoms with Crippen molar-refractivity contribution in [3.8, 4) is 0 Å². The van der Waals surface area contributed by atoms with Crippen LogP contribution in [0.2, 0.25) is 0 Å². The van der Waals surface area contributed by atoms with Crippen LogP contribution in [-0.2, 0) is 14.3 Å². The van der Waals surface area contributed by atoms with Crippen molar-refractivity contribution in [2.75, 3.05) is 13.2 Å². The summed E-state index contributed by atoms with van der Waals surface area (Å²) in [4.78, 5) is 19.3. The zero-order valence-corrected chi connectivity index (χ0v) is 22.1. The Morgan fingerprint density at radius 2 is 0.706 bits per heavy atom. The average Bonchev–Trinajstić information content (AvgIpc) is 2.79. The van der Waals surface area contributed by atoms with Gasteiger partial charge in [0.2, 0.25) is 0 Å². The van der Waals surface area contributed by atoms with Gasteiger partial charge in [0.25, 0.3) is 0 Å². The fourth-order valence-electron chi connectivity index (χ4n) is 3.70. The predicted octanol–water partition coefficient (Wildman–Crippen LogP) is 8.13. The average molecular weight is 497 g/mol. The molecule has 6 heteroatoms. The van der Waals surface area contributed by atoms with Crippen LogP contribution in [0.25, 0.3) is 0 Å². The summed E-state index contributed by atoms with van der Waals surface area (Å²) in [5.41, 5.74) is 0.